The number of hydrogen-bond acceptors (Lipinski definition) is 2. The Morgan fingerprint density at radius 2 is 1.93 bits per heavy atom. The number of anilines is 1. The molecule has 1 heterocycles. The first-order valence-corrected chi connectivity index (χ1v) is 9.85. The van der Waals surface area contributed by atoms with E-state index in [-0.39, 0.29) is 2.85 Å². The number of aryl methyl sites for hydroxylation is 1. The molecule has 0 saturated heterocycles. The van der Waals surface area contributed by atoms with Crippen molar-refractivity contribution in [1.82, 2.24) is 5.32 Å². The minimum Gasteiger partial charge on any atom is -0.488 e. The Kier molecular flexibility index (Phi) is 6.66. The van der Waals surface area contributed by atoms with E-state index in [2.05, 4.69) is 54.5 Å². The molecule has 3 nitrogen and oxygen atoms in total. The van der Waals surface area contributed by atoms with Crippen LogP contribution in [0, 0.1) is 0 Å². The molecule has 4 heteroatoms. The lowest BCUT2D eigenvalue weighted by Crippen LogP contribution is -2.29. The average Bonchev–Trinajstić information content (AvgIpc) is 2.69. The zero-order chi connectivity index (χ0) is 19.1. The minimum absolute atomic E-state index is 0. The molecule has 144 valence electrons. The van der Waals surface area contributed by atoms with Crippen molar-refractivity contribution in [3.05, 3.63) is 77.5 Å². The summed E-state index contributed by atoms with van der Waals surface area (Å²) >= 11 is 5.43. The highest BCUT2D eigenvalue weighted by atomic mass is 32.1. The van der Waals surface area contributed by atoms with Gasteiger partial charge in [0.1, 0.15) is 12.4 Å². The fraction of sp³-hybridized carbons (Fsp3) is 0.261. The van der Waals surface area contributed by atoms with E-state index in [1.807, 2.05) is 24.3 Å². The van der Waals surface area contributed by atoms with E-state index >= 15 is 0 Å². The SMILES string of the molecule is C=C(NC(=S)Nc1ccc(CCCCC)cc1)C1=Cc2ccccc2OC1.[HH].[HH]. The molecule has 0 amide bonds. The van der Waals surface area contributed by atoms with Crippen LogP contribution in [0.1, 0.15) is 40.2 Å². The molecule has 3 rings (SSSR count). The number of nitrogens with one attached hydrogen (secondary N) is 2. The summed E-state index contributed by atoms with van der Waals surface area (Å²) in [5, 5.41) is 6.91. The number of unbranched alkanes of at least 4 members (excludes halogenated alkanes) is 2. The average molecular weight is 383 g/mol. The Hall–Kier alpha value is -2.59. The van der Waals surface area contributed by atoms with Gasteiger partial charge in [-0.05, 0) is 54.9 Å². The lowest BCUT2D eigenvalue weighted by Gasteiger charge is -2.20. The van der Waals surface area contributed by atoms with Crippen LogP contribution < -0.4 is 15.4 Å². The van der Waals surface area contributed by atoms with Crippen molar-refractivity contribution in [1.29, 1.82) is 0 Å². The summed E-state index contributed by atoms with van der Waals surface area (Å²) in [6, 6.07) is 16.4. The molecular formula is C23H30N2OS. The Morgan fingerprint density at radius 1 is 1.15 bits per heavy atom. The van der Waals surface area contributed by atoms with Crippen LogP contribution in [0.5, 0.6) is 5.75 Å². The van der Waals surface area contributed by atoms with Crippen LogP contribution in [0.2, 0.25) is 0 Å². The van der Waals surface area contributed by atoms with E-state index < -0.39 is 0 Å². The summed E-state index contributed by atoms with van der Waals surface area (Å²) in [5.41, 5.74) is 5.13. The first kappa shape index (κ1) is 19.2. The summed E-state index contributed by atoms with van der Waals surface area (Å²) in [6.45, 7) is 6.81. The highest BCUT2D eigenvalue weighted by Crippen LogP contribution is 2.27. The fourth-order valence-corrected chi connectivity index (χ4v) is 3.24. The molecule has 0 unspecified atom stereocenters. The van der Waals surface area contributed by atoms with Crippen LogP contribution in [-0.2, 0) is 6.42 Å². The van der Waals surface area contributed by atoms with Gasteiger partial charge in [-0.25, -0.2) is 0 Å². The van der Waals surface area contributed by atoms with Crippen LogP contribution in [0.3, 0.4) is 0 Å². The zero-order valence-electron chi connectivity index (χ0n) is 15.8. The van der Waals surface area contributed by atoms with Crippen molar-refractivity contribution in [2.45, 2.75) is 32.6 Å². The molecule has 0 saturated carbocycles. The zero-order valence-corrected chi connectivity index (χ0v) is 16.6. The number of ether oxygens (including phenoxy) is 1. The van der Waals surface area contributed by atoms with E-state index in [0.29, 0.717) is 11.7 Å². The number of para-hydroxylation sites is 1. The second-order valence-corrected chi connectivity index (χ2v) is 7.12. The van der Waals surface area contributed by atoms with Crippen LogP contribution >= 0.6 is 12.2 Å². The van der Waals surface area contributed by atoms with Crippen LogP contribution in [-0.4, -0.2) is 11.7 Å². The van der Waals surface area contributed by atoms with E-state index in [1.54, 1.807) is 0 Å². The van der Waals surface area contributed by atoms with E-state index in [1.165, 1.54) is 24.8 Å². The summed E-state index contributed by atoms with van der Waals surface area (Å²) in [7, 11) is 0. The number of fused-ring (bicyclic) bond motifs is 1. The monoisotopic (exact) mass is 382 g/mol. The van der Waals surface area contributed by atoms with Gasteiger partial charge in [0.15, 0.2) is 5.11 Å². The van der Waals surface area contributed by atoms with Gasteiger partial charge in [-0.2, -0.15) is 0 Å². The van der Waals surface area contributed by atoms with Gasteiger partial charge in [0.2, 0.25) is 0 Å². The van der Waals surface area contributed by atoms with Crippen molar-refractivity contribution in [3.63, 3.8) is 0 Å². The van der Waals surface area contributed by atoms with Gasteiger partial charge < -0.3 is 15.4 Å². The van der Waals surface area contributed by atoms with E-state index in [4.69, 9.17) is 17.0 Å². The quantitative estimate of drug-likeness (QED) is 0.442. The molecule has 0 aromatic heterocycles. The highest BCUT2D eigenvalue weighted by Gasteiger charge is 2.13. The fourth-order valence-electron chi connectivity index (χ4n) is 3.00. The number of benzene rings is 2. The van der Waals surface area contributed by atoms with E-state index in [0.717, 1.165) is 34.7 Å². The summed E-state index contributed by atoms with van der Waals surface area (Å²) in [6.07, 6.45) is 6.98. The highest BCUT2D eigenvalue weighted by molar-refractivity contribution is 7.80. The molecule has 2 aromatic rings. The third-order valence-electron chi connectivity index (χ3n) is 4.56. The molecule has 0 fully saturated rings. The predicted octanol–water partition coefficient (Wildman–Crippen LogP) is 6.19. The number of hydrogen-bond donors (Lipinski definition) is 2. The number of rotatable bonds is 7. The van der Waals surface area contributed by atoms with Crippen LogP contribution in [0.4, 0.5) is 5.69 Å². The molecule has 0 radical (unpaired) electrons. The van der Waals surface area contributed by atoms with Gasteiger partial charge in [0.25, 0.3) is 0 Å². The van der Waals surface area contributed by atoms with Crippen LogP contribution in [0.15, 0.2) is 66.4 Å². The molecule has 0 bridgehead atoms. The molecule has 1 aliphatic heterocycles. The molecule has 0 spiro atoms. The Morgan fingerprint density at radius 3 is 2.70 bits per heavy atom. The largest absolute Gasteiger partial charge is 0.488 e. The van der Waals surface area contributed by atoms with Gasteiger partial charge in [0.05, 0.1) is 0 Å². The summed E-state index contributed by atoms with van der Waals surface area (Å²) in [5.74, 6) is 0.897. The Balaban J connectivity index is 0.00000210. The van der Waals surface area contributed by atoms with Crippen molar-refractivity contribution in [2.24, 2.45) is 0 Å². The maximum atomic E-state index is 5.78. The lowest BCUT2D eigenvalue weighted by molar-refractivity contribution is 0.349. The van der Waals surface area contributed by atoms with Gasteiger partial charge in [0, 0.05) is 25.4 Å². The van der Waals surface area contributed by atoms with Crippen molar-refractivity contribution in [3.8, 4) is 5.75 Å². The first-order valence-electron chi connectivity index (χ1n) is 9.44. The van der Waals surface area contributed by atoms with Gasteiger partial charge in [-0.3, -0.25) is 0 Å². The molecule has 1 aliphatic rings. The van der Waals surface area contributed by atoms with E-state index in [9.17, 15) is 0 Å². The van der Waals surface area contributed by atoms with Crippen molar-refractivity contribution < 1.29 is 7.59 Å². The van der Waals surface area contributed by atoms with Gasteiger partial charge in [-0.15, -0.1) is 0 Å². The summed E-state index contributed by atoms with van der Waals surface area (Å²) < 4.78 is 5.78. The third kappa shape index (κ3) is 5.44. The maximum absolute atomic E-state index is 5.78. The van der Waals surface area contributed by atoms with Gasteiger partial charge in [-0.1, -0.05) is 56.7 Å². The second-order valence-electron chi connectivity index (χ2n) is 6.71. The summed E-state index contributed by atoms with van der Waals surface area (Å²) in [4.78, 5) is 0. The maximum Gasteiger partial charge on any atom is 0.175 e. The van der Waals surface area contributed by atoms with Crippen molar-refractivity contribution >= 4 is 29.1 Å². The number of thiocarbonyl (C=S) groups is 1. The van der Waals surface area contributed by atoms with Crippen LogP contribution in [0.25, 0.3) is 6.08 Å². The molecule has 27 heavy (non-hydrogen) atoms. The molecular weight excluding hydrogens is 352 g/mol. The molecule has 2 aromatic carbocycles. The topological polar surface area (TPSA) is 33.3 Å². The first-order chi connectivity index (χ1) is 13.2. The molecule has 0 aliphatic carbocycles. The van der Waals surface area contributed by atoms with Crippen molar-refractivity contribution in [2.75, 3.05) is 11.9 Å². The minimum atomic E-state index is 0. The third-order valence-corrected chi connectivity index (χ3v) is 4.77. The molecule has 0 atom stereocenters. The van der Waals surface area contributed by atoms with Gasteiger partial charge >= 0.3 is 0 Å². The molecule has 2 N–H and O–H groups in total. The normalized spacial score (nSPS) is 12.4. The smallest absolute Gasteiger partial charge is 0.175 e. The lowest BCUT2D eigenvalue weighted by atomic mass is 10.1. The predicted molar refractivity (Wildman–Crippen MR) is 122 cm³/mol. The second kappa shape index (κ2) is 9.38. The Bertz CT molecular complexity index is 850. The standard InChI is InChI=1S/C23H26N2OS.2H2/c1-3-4-5-8-18-11-13-21(14-12-18)25-23(27)24-17(2)20-15-19-9-6-7-10-22(19)26-16-20;;/h6-7,9-15H,2-5,8,16H2,1H3,(H2,24,25,27);2*1H. The Labute approximate surface area is 170 Å².